The molecule has 0 saturated heterocycles. The molecule has 1 aliphatic rings. The highest BCUT2D eigenvalue weighted by molar-refractivity contribution is 7.89. The van der Waals surface area contributed by atoms with Crippen molar-refractivity contribution in [1.29, 1.82) is 0 Å². The molecular weight excluding hydrogens is 435 g/mol. The molecule has 0 unspecified atom stereocenters. The fourth-order valence-electron chi connectivity index (χ4n) is 3.19. The summed E-state index contributed by atoms with van der Waals surface area (Å²) in [4.78, 5) is 16.3. The van der Waals surface area contributed by atoms with Crippen molar-refractivity contribution in [2.24, 2.45) is 5.92 Å². The molecule has 162 valence electrons. The second-order valence-corrected chi connectivity index (χ2v) is 9.42. The minimum absolute atomic E-state index is 0.00535. The zero-order chi connectivity index (χ0) is 22.1. The first-order valence-corrected chi connectivity index (χ1v) is 11.6. The van der Waals surface area contributed by atoms with E-state index in [0.29, 0.717) is 22.9 Å². The van der Waals surface area contributed by atoms with Gasteiger partial charge in [0.15, 0.2) is 0 Å². The quantitative estimate of drug-likeness (QED) is 0.680. The van der Waals surface area contributed by atoms with Crippen LogP contribution in [0.4, 0.5) is 4.39 Å². The van der Waals surface area contributed by atoms with Gasteiger partial charge in [0.25, 0.3) is 5.91 Å². The first kappa shape index (κ1) is 22.3. The molecule has 0 spiro atoms. The van der Waals surface area contributed by atoms with E-state index in [0.717, 1.165) is 31.2 Å². The van der Waals surface area contributed by atoms with Crippen molar-refractivity contribution in [3.63, 3.8) is 0 Å². The minimum atomic E-state index is -3.84. The van der Waals surface area contributed by atoms with Gasteiger partial charge in [-0.2, -0.15) is 0 Å². The summed E-state index contributed by atoms with van der Waals surface area (Å²) in [6.45, 7) is 1.98. The van der Waals surface area contributed by atoms with Crippen molar-refractivity contribution < 1.29 is 27.1 Å². The smallest absolute Gasteiger partial charge is 0.267 e. The fourth-order valence-corrected chi connectivity index (χ4v) is 3.84. The lowest BCUT2D eigenvalue weighted by Gasteiger charge is -2.31. The number of carbonyl (C=O) groups excluding carboxylic acids is 1. The number of pyridine rings is 1. The number of halogens is 2. The summed E-state index contributed by atoms with van der Waals surface area (Å²) in [5.74, 6) is -1.07. The van der Waals surface area contributed by atoms with Crippen molar-refractivity contribution in [3.05, 3.63) is 40.8 Å². The maximum absolute atomic E-state index is 14.6. The highest BCUT2D eigenvalue weighted by Crippen LogP contribution is 2.37. The number of nitrogens with zero attached hydrogens (tertiary/aromatic N) is 1. The number of hydrogen-bond acceptors (Lipinski definition) is 6. The summed E-state index contributed by atoms with van der Waals surface area (Å²) < 4.78 is 49.9. The van der Waals surface area contributed by atoms with Crippen molar-refractivity contribution in [2.45, 2.75) is 32.3 Å². The summed E-state index contributed by atoms with van der Waals surface area (Å²) in [5.41, 5.74) is 0.294. The van der Waals surface area contributed by atoms with Gasteiger partial charge in [-0.15, -0.1) is 0 Å². The Balaban J connectivity index is 1.90. The third-order valence-electron chi connectivity index (χ3n) is 5.04. The third kappa shape index (κ3) is 5.02. The number of hydrogen-bond donors (Lipinski definition) is 1. The van der Waals surface area contributed by atoms with Crippen LogP contribution in [-0.4, -0.2) is 38.8 Å². The zero-order valence-corrected chi connectivity index (χ0v) is 18.3. The van der Waals surface area contributed by atoms with Crippen molar-refractivity contribution >= 4 is 27.5 Å². The van der Waals surface area contributed by atoms with Gasteiger partial charge in [0.2, 0.25) is 15.9 Å². The standard InChI is InChI=1S/C20H22ClFN2O5S/c1-11(12-5-4-6-12)29-20-16(21)7-13(10-23-20)14-8-17(22)15(9-18(14)28-2)19(25)24-30(3,26)27/h7-12H,4-6H2,1-3H3,(H,24,25)/t11-/m1/s1. The molecule has 7 nitrogen and oxygen atoms in total. The third-order valence-corrected chi connectivity index (χ3v) is 5.87. The molecule has 1 atom stereocenters. The summed E-state index contributed by atoms with van der Waals surface area (Å²) in [7, 11) is -2.49. The molecule has 1 aliphatic carbocycles. The van der Waals surface area contributed by atoms with E-state index in [2.05, 4.69) is 4.98 Å². The highest BCUT2D eigenvalue weighted by atomic mass is 35.5. The number of nitrogens with one attached hydrogen (secondary N) is 1. The van der Waals surface area contributed by atoms with Gasteiger partial charge in [-0.05, 0) is 43.9 Å². The van der Waals surface area contributed by atoms with E-state index in [9.17, 15) is 17.6 Å². The Bertz CT molecular complexity index is 1070. The van der Waals surface area contributed by atoms with Gasteiger partial charge in [-0.3, -0.25) is 4.79 Å². The number of sulfonamides is 1. The Morgan fingerprint density at radius 1 is 1.33 bits per heavy atom. The van der Waals surface area contributed by atoms with Gasteiger partial charge in [0, 0.05) is 17.3 Å². The monoisotopic (exact) mass is 456 g/mol. The Morgan fingerprint density at radius 2 is 2.03 bits per heavy atom. The van der Waals surface area contributed by atoms with E-state index < -0.39 is 27.3 Å². The van der Waals surface area contributed by atoms with Crippen LogP contribution in [0.1, 0.15) is 36.5 Å². The zero-order valence-electron chi connectivity index (χ0n) is 16.7. The predicted octanol–water partition coefficient (Wildman–Crippen LogP) is 3.81. The fraction of sp³-hybridized carbons (Fsp3) is 0.400. The Hall–Kier alpha value is -2.39. The average molecular weight is 457 g/mol. The average Bonchev–Trinajstić information content (AvgIpc) is 2.60. The molecule has 0 aliphatic heterocycles. The molecule has 1 saturated carbocycles. The molecule has 30 heavy (non-hydrogen) atoms. The lowest BCUT2D eigenvalue weighted by Crippen LogP contribution is -2.30. The molecule has 1 aromatic heterocycles. The van der Waals surface area contributed by atoms with E-state index in [4.69, 9.17) is 21.1 Å². The van der Waals surface area contributed by atoms with Gasteiger partial charge >= 0.3 is 0 Å². The second-order valence-electron chi connectivity index (χ2n) is 7.26. The van der Waals surface area contributed by atoms with Gasteiger partial charge in [0.05, 0.1) is 18.9 Å². The van der Waals surface area contributed by atoms with E-state index in [1.807, 2.05) is 6.92 Å². The van der Waals surface area contributed by atoms with Crippen LogP contribution in [0.15, 0.2) is 24.4 Å². The van der Waals surface area contributed by atoms with Crippen LogP contribution in [0.2, 0.25) is 5.02 Å². The van der Waals surface area contributed by atoms with Crippen LogP contribution in [0.3, 0.4) is 0 Å². The normalized spacial score (nSPS) is 15.2. The number of ether oxygens (including phenoxy) is 2. The summed E-state index contributed by atoms with van der Waals surface area (Å²) in [6.07, 6.45) is 5.70. The number of amides is 1. The molecular formula is C20H22ClFN2O5S. The van der Waals surface area contributed by atoms with Crippen molar-refractivity contribution in [2.75, 3.05) is 13.4 Å². The Labute approximate surface area is 179 Å². The maximum Gasteiger partial charge on any atom is 0.267 e. The van der Waals surface area contributed by atoms with Crippen LogP contribution in [0, 0.1) is 11.7 Å². The number of benzene rings is 1. The molecule has 2 aromatic rings. The van der Waals surface area contributed by atoms with Gasteiger partial charge in [-0.25, -0.2) is 22.5 Å². The van der Waals surface area contributed by atoms with E-state index >= 15 is 0 Å². The summed E-state index contributed by atoms with van der Waals surface area (Å²) in [5, 5.41) is 0.264. The van der Waals surface area contributed by atoms with Crippen LogP contribution in [-0.2, 0) is 10.0 Å². The first-order chi connectivity index (χ1) is 14.1. The van der Waals surface area contributed by atoms with Gasteiger partial charge < -0.3 is 9.47 Å². The van der Waals surface area contributed by atoms with Crippen LogP contribution in [0.25, 0.3) is 11.1 Å². The Kier molecular flexibility index (Phi) is 6.52. The van der Waals surface area contributed by atoms with Gasteiger partial charge in [0.1, 0.15) is 22.7 Å². The molecule has 3 rings (SSSR count). The lowest BCUT2D eigenvalue weighted by atomic mass is 9.82. The minimum Gasteiger partial charge on any atom is -0.496 e. The van der Waals surface area contributed by atoms with Crippen LogP contribution in [0.5, 0.6) is 11.6 Å². The molecule has 0 bridgehead atoms. The molecule has 0 radical (unpaired) electrons. The molecule has 1 aromatic carbocycles. The number of aromatic nitrogens is 1. The summed E-state index contributed by atoms with van der Waals surface area (Å²) in [6, 6.07) is 3.77. The first-order valence-electron chi connectivity index (χ1n) is 9.31. The molecule has 1 heterocycles. The molecule has 1 N–H and O–H groups in total. The van der Waals surface area contributed by atoms with Crippen LogP contribution >= 0.6 is 11.6 Å². The van der Waals surface area contributed by atoms with Crippen molar-refractivity contribution in [1.82, 2.24) is 9.71 Å². The SMILES string of the molecule is COc1cc(C(=O)NS(C)(=O)=O)c(F)cc1-c1cnc(O[C@H](C)C2CCC2)c(Cl)c1. The van der Waals surface area contributed by atoms with Crippen LogP contribution < -0.4 is 14.2 Å². The second kappa shape index (κ2) is 8.77. The number of carbonyl (C=O) groups is 1. The largest absolute Gasteiger partial charge is 0.496 e. The van der Waals surface area contributed by atoms with E-state index in [-0.39, 0.29) is 16.9 Å². The van der Waals surface area contributed by atoms with Gasteiger partial charge in [-0.1, -0.05) is 18.0 Å². The number of rotatable bonds is 7. The predicted molar refractivity (Wildman–Crippen MR) is 111 cm³/mol. The van der Waals surface area contributed by atoms with E-state index in [1.165, 1.54) is 19.7 Å². The van der Waals surface area contributed by atoms with E-state index in [1.54, 1.807) is 10.8 Å². The maximum atomic E-state index is 14.6. The van der Waals surface area contributed by atoms with Crippen molar-refractivity contribution in [3.8, 4) is 22.8 Å². The molecule has 10 heteroatoms. The lowest BCUT2D eigenvalue weighted by molar-refractivity contribution is 0.0946. The highest BCUT2D eigenvalue weighted by Gasteiger charge is 2.26. The molecule has 1 amide bonds. The Morgan fingerprint density at radius 3 is 2.57 bits per heavy atom. The molecule has 1 fully saturated rings. The summed E-state index contributed by atoms with van der Waals surface area (Å²) >= 11 is 6.33. The topological polar surface area (TPSA) is 94.6 Å². The number of methoxy groups -OCH3 is 1.